The summed E-state index contributed by atoms with van der Waals surface area (Å²) in [6.45, 7) is 5.27. The van der Waals surface area contributed by atoms with Crippen molar-refractivity contribution in [2.24, 2.45) is 0 Å². The van der Waals surface area contributed by atoms with E-state index in [9.17, 15) is 0 Å². The molecule has 0 radical (unpaired) electrons. The third-order valence-corrected chi connectivity index (χ3v) is 4.87. The largest absolute Gasteiger partial charge is 0.303 e. The highest BCUT2D eigenvalue weighted by molar-refractivity contribution is 7.11. The highest BCUT2D eigenvalue weighted by Gasteiger charge is 2.10. The maximum absolute atomic E-state index is 4.43. The Labute approximate surface area is 111 Å². The molecule has 0 bridgehead atoms. The molecule has 2 aromatic rings. The molecule has 92 valence electrons. The lowest BCUT2D eigenvalue weighted by Crippen LogP contribution is -2.19. The van der Waals surface area contributed by atoms with Crippen molar-refractivity contribution in [2.75, 3.05) is 0 Å². The second kappa shape index (κ2) is 6.28. The van der Waals surface area contributed by atoms with Crippen LogP contribution in [0.25, 0.3) is 0 Å². The van der Waals surface area contributed by atoms with E-state index in [1.165, 1.54) is 14.8 Å². The van der Waals surface area contributed by atoms with Crippen molar-refractivity contribution in [2.45, 2.75) is 39.3 Å². The van der Waals surface area contributed by atoms with Crippen LogP contribution in [0, 0.1) is 0 Å². The van der Waals surface area contributed by atoms with Gasteiger partial charge in [0.2, 0.25) is 0 Å². The van der Waals surface area contributed by atoms with Crippen LogP contribution in [-0.2, 0) is 13.0 Å². The molecular formula is C13H18N2S2. The van der Waals surface area contributed by atoms with Gasteiger partial charge in [0.05, 0.1) is 0 Å². The van der Waals surface area contributed by atoms with Crippen molar-refractivity contribution in [3.63, 3.8) is 0 Å². The predicted octanol–water partition coefficient (Wildman–Crippen LogP) is 4.01. The van der Waals surface area contributed by atoms with Gasteiger partial charge >= 0.3 is 0 Å². The minimum Gasteiger partial charge on any atom is -0.303 e. The first kappa shape index (κ1) is 12.7. The lowest BCUT2D eigenvalue weighted by Gasteiger charge is -2.14. The summed E-state index contributed by atoms with van der Waals surface area (Å²) in [6, 6.07) is 4.78. The third kappa shape index (κ3) is 3.37. The minimum atomic E-state index is 0.462. The third-order valence-electron chi connectivity index (χ3n) is 2.74. The molecule has 0 fully saturated rings. The van der Waals surface area contributed by atoms with E-state index in [-0.39, 0.29) is 0 Å². The number of aromatic nitrogens is 1. The summed E-state index contributed by atoms with van der Waals surface area (Å²) in [5.74, 6) is 0. The monoisotopic (exact) mass is 266 g/mol. The van der Waals surface area contributed by atoms with Gasteiger partial charge < -0.3 is 5.32 Å². The van der Waals surface area contributed by atoms with Gasteiger partial charge in [-0.2, -0.15) is 0 Å². The quantitative estimate of drug-likeness (QED) is 0.854. The van der Waals surface area contributed by atoms with Gasteiger partial charge in [-0.3, -0.25) is 0 Å². The van der Waals surface area contributed by atoms with E-state index in [2.05, 4.69) is 41.7 Å². The Balaban J connectivity index is 1.92. The van der Waals surface area contributed by atoms with Crippen LogP contribution in [-0.4, -0.2) is 4.98 Å². The van der Waals surface area contributed by atoms with Crippen LogP contribution in [0.3, 0.4) is 0 Å². The van der Waals surface area contributed by atoms with Crippen molar-refractivity contribution in [1.29, 1.82) is 0 Å². The highest BCUT2D eigenvalue weighted by Crippen LogP contribution is 2.22. The fraction of sp³-hybridized carbons (Fsp3) is 0.462. The van der Waals surface area contributed by atoms with E-state index in [1.807, 2.05) is 28.9 Å². The Morgan fingerprint density at radius 2 is 2.29 bits per heavy atom. The van der Waals surface area contributed by atoms with E-state index in [0.29, 0.717) is 6.04 Å². The molecule has 0 aliphatic rings. The first-order valence-corrected chi connectivity index (χ1v) is 7.73. The van der Waals surface area contributed by atoms with Gasteiger partial charge in [0.25, 0.3) is 0 Å². The molecule has 0 amide bonds. The summed E-state index contributed by atoms with van der Waals surface area (Å²) in [5.41, 5.74) is 0. The van der Waals surface area contributed by atoms with Gasteiger partial charge in [-0.1, -0.05) is 19.9 Å². The number of thiophene rings is 1. The minimum absolute atomic E-state index is 0.462. The van der Waals surface area contributed by atoms with Crippen LogP contribution in [0.5, 0.6) is 0 Å². The van der Waals surface area contributed by atoms with Crippen LogP contribution in [0.1, 0.15) is 41.1 Å². The molecule has 17 heavy (non-hydrogen) atoms. The summed E-state index contributed by atoms with van der Waals surface area (Å²) in [6.07, 6.45) is 4.19. The molecule has 1 unspecified atom stereocenters. The summed E-state index contributed by atoms with van der Waals surface area (Å²) < 4.78 is 0. The summed E-state index contributed by atoms with van der Waals surface area (Å²) in [5, 5.41) is 6.91. The molecule has 2 rings (SSSR count). The number of hydrogen-bond donors (Lipinski definition) is 1. The summed E-state index contributed by atoms with van der Waals surface area (Å²) in [7, 11) is 0. The van der Waals surface area contributed by atoms with E-state index >= 15 is 0 Å². The number of hydrogen-bond acceptors (Lipinski definition) is 4. The number of thiazole rings is 1. The zero-order valence-electron chi connectivity index (χ0n) is 10.3. The highest BCUT2D eigenvalue weighted by atomic mass is 32.1. The maximum Gasteiger partial charge on any atom is 0.107 e. The van der Waals surface area contributed by atoms with Gasteiger partial charge in [0.1, 0.15) is 5.01 Å². The molecular weight excluding hydrogens is 248 g/mol. The van der Waals surface area contributed by atoms with Gasteiger partial charge in [-0.25, -0.2) is 4.98 Å². The average Bonchev–Trinajstić information content (AvgIpc) is 3.00. The molecule has 0 saturated heterocycles. The van der Waals surface area contributed by atoms with Crippen LogP contribution < -0.4 is 5.32 Å². The Hall–Kier alpha value is -0.710. The zero-order chi connectivity index (χ0) is 12.1. The first-order chi connectivity index (χ1) is 8.33. The molecule has 1 atom stereocenters. The molecule has 2 heterocycles. The first-order valence-electron chi connectivity index (χ1n) is 6.03. The Morgan fingerprint density at radius 3 is 2.88 bits per heavy atom. The van der Waals surface area contributed by atoms with Crippen molar-refractivity contribution >= 4 is 22.7 Å². The Bertz CT molecular complexity index is 434. The van der Waals surface area contributed by atoms with Crippen molar-refractivity contribution in [3.8, 4) is 0 Å². The Morgan fingerprint density at radius 1 is 1.41 bits per heavy atom. The lowest BCUT2D eigenvalue weighted by molar-refractivity contribution is 0.525. The second-order valence-electron chi connectivity index (χ2n) is 3.93. The number of rotatable bonds is 6. The molecule has 4 heteroatoms. The SMILES string of the molecule is CCc1cnc(CNC(CC)c2cccs2)s1. The number of nitrogens with zero attached hydrogens (tertiary/aromatic N) is 1. The lowest BCUT2D eigenvalue weighted by atomic mass is 10.2. The molecule has 2 nitrogen and oxygen atoms in total. The van der Waals surface area contributed by atoms with Crippen molar-refractivity contribution in [1.82, 2.24) is 10.3 Å². The normalized spacial score (nSPS) is 12.8. The molecule has 2 aromatic heterocycles. The maximum atomic E-state index is 4.43. The predicted molar refractivity (Wildman–Crippen MR) is 75.7 cm³/mol. The van der Waals surface area contributed by atoms with Gasteiger partial charge in [0.15, 0.2) is 0 Å². The van der Waals surface area contributed by atoms with Gasteiger partial charge in [-0.15, -0.1) is 22.7 Å². The molecule has 0 spiro atoms. The molecule has 0 aliphatic carbocycles. The van der Waals surface area contributed by atoms with Gasteiger partial charge in [-0.05, 0) is 24.3 Å². The fourth-order valence-electron chi connectivity index (χ4n) is 1.74. The van der Waals surface area contributed by atoms with Crippen LogP contribution in [0.2, 0.25) is 0 Å². The zero-order valence-corrected chi connectivity index (χ0v) is 11.9. The summed E-state index contributed by atoms with van der Waals surface area (Å²) in [4.78, 5) is 7.22. The Kier molecular flexibility index (Phi) is 4.71. The van der Waals surface area contributed by atoms with Crippen molar-refractivity contribution < 1.29 is 0 Å². The van der Waals surface area contributed by atoms with Crippen LogP contribution in [0.4, 0.5) is 0 Å². The van der Waals surface area contributed by atoms with E-state index in [1.54, 1.807) is 0 Å². The standard InChI is InChI=1S/C13H18N2S2/c1-3-10-8-15-13(17-10)9-14-11(4-2)12-6-5-7-16-12/h5-8,11,14H,3-4,9H2,1-2H3. The van der Waals surface area contributed by atoms with E-state index in [0.717, 1.165) is 19.4 Å². The fourth-order valence-corrected chi connectivity index (χ4v) is 3.44. The number of nitrogens with one attached hydrogen (secondary N) is 1. The van der Waals surface area contributed by atoms with Crippen LogP contribution >= 0.6 is 22.7 Å². The molecule has 0 saturated carbocycles. The van der Waals surface area contributed by atoms with E-state index in [4.69, 9.17) is 0 Å². The number of aryl methyl sites for hydroxylation is 1. The molecule has 0 aromatic carbocycles. The smallest absolute Gasteiger partial charge is 0.107 e. The summed E-state index contributed by atoms with van der Waals surface area (Å²) >= 11 is 3.63. The second-order valence-corrected chi connectivity index (χ2v) is 6.11. The van der Waals surface area contributed by atoms with Gasteiger partial charge in [0, 0.05) is 28.5 Å². The molecule has 1 N–H and O–H groups in total. The topological polar surface area (TPSA) is 24.9 Å². The van der Waals surface area contributed by atoms with Crippen molar-refractivity contribution in [3.05, 3.63) is 38.5 Å². The molecule has 0 aliphatic heterocycles. The van der Waals surface area contributed by atoms with E-state index < -0.39 is 0 Å². The van der Waals surface area contributed by atoms with Crippen LogP contribution in [0.15, 0.2) is 23.7 Å². The average molecular weight is 266 g/mol.